The maximum atomic E-state index is 12.0. The Morgan fingerprint density at radius 1 is 1.41 bits per heavy atom. The zero-order valence-electron chi connectivity index (χ0n) is 10.7. The van der Waals surface area contributed by atoms with E-state index >= 15 is 0 Å². The van der Waals surface area contributed by atoms with Gasteiger partial charge in [-0.25, -0.2) is 0 Å². The molecule has 0 saturated heterocycles. The van der Waals surface area contributed by atoms with Gasteiger partial charge in [-0.1, -0.05) is 31.5 Å². The lowest BCUT2D eigenvalue weighted by Crippen LogP contribution is -2.38. The van der Waals surface area contributed by atoms with Crippen LogP contribution < -0.4 is 5.32 Å². The molecule has 2 nitrogen and oxygen atoms in total. The van der Waals surface area contributed by atoms with Gasteiger partial charge in [0.1, 0.15) is 0 Å². The number of hydrogen-bond donors (Lipinski definition) is 1. The van der Waals surface area contributed by atoms with Gasteiger partial charge in [-0.2, -0.15) is 0 Å². The number of nitrogens with one attached hydrogen (secondary N) is 1. The van der Waals surface area contributed by atoms with Gasteiger partial charge < -0.3 is 5.32 Å². The van der Waals surface area contributed by atoms with Crippen LogP contribution in [0.15, 0.2) is 24.3 Å². The lowest BCUT2D eigenvalue weighted by atomic mass is 10.0. The Morgan fingerprint density at radius 2 is 2.12 bits per heavy atom. The highest BCUT2D eigenvalue weighted by atomic mass is 35.5. The molecule has 0 bridgehead atoms. The Morgan fingerprint density at radius 3 is 2.65 bits per heavy atom. The first-order valence-corrected chi connectivity index (χ1v) is 6.51. The largest absolute Gasteiger partial charge is 0.349 e. The van der Waals surface area contributed by atoms with E-state index < -0.39 is 0 Å². The molecule has 0 saturated carbocycles. The fourth-order valence-corrected chi connectivity index (χ4v) is 1.96. The molecule has 0 heterocycles. The second kappa shape index (κ2) is 6.65. The fourth-order valence-electron chi connectivity index (χ4n) is 1.73. The molecule has 17 heavy (non-hydrogen) atoms. The number of hydrogen-bond acceptors (Lipinski definition) is 1. The first-order valence-electron chi connectivity index (χ1n) is 5.98. The zero-order valence-corrected chi connectivity index (χ0v) is 11.4. The third-order valence-electron chi connectivity index (χ3n) is 2.82. The van der Waals surface area contributed by atoms with E-state index in [1.54, 1.807) is 0 Å². The van der Waals surface area contributed by atoms with Gasteiger partial charge in [-0.3, -0.25) is 4.79 Å². The van der Waals surface area contributed by atoms with Crippen LogP contribution in [0.25, 0.3) is 0 Å². The Bertz CT molecular complexity index is 376. The Balaban J connectivity index is 2.70. The van der Waals surface area contributed by atoms with Crippen molar-refractivity contribution in [1.82, 2.24) is 5.32 Å². The third-order valence-corrected chi connectivity index (χ3v) is 3.04. The molecule has 0 radical (unpaired) electrons. The smallest absolute Gasteiger partial charge is 0.251 e. The molecule has 1 aromatic carbocycles. The number of amides is 1. The lowest BCUT2D eigenvalue weighted by Gasteiger charge is -2.21. The second-order valence-electron chi connectivity index (χ2n) is 4.67. The minimum absolute atomic E-state index is 0.0162. The fraction of sp³-hybridized carbons (Fsp3) is 0.500. The molecular formula is C14H20ClNO. The predicted molar refractivity (Wildman–Crippen MR) is 72.6 cm³/mol. The summed E-state index contributed by atoms with van der Waals surface area (Å²) in [7, 11) is 0. The maximum Gasteiger partial charge on any atom is 0.251 e. The number of aryl methyl sites for hydroxylation is 1. The number of carbonyl (C=O) groups excluding carboxylic acids is 1. The molecule has 1 aromatic rings. The SMILES string of the molecule is Cc1cccc(C(=O)NC(CCCl)C(C)C)c1. The van der Waals surface area contributed by atoms with E-state index in [4.69, 9.17) is 11.6 Å². The highest BCUT2D eigenvalue weighted by molar-refractivity contribution is 6.17. The average Bonchev–Trinajstić information content (AvgIpc) is 2.28. The molecule has 0 aliphatic heterocycles. The van der Waals surface area contributed by atoms with E-state index in [9.17, 15) is 4.79 Å². The normalized spacial score (nSPS) is 12.5. The number of benzene rings is 1. The molecule has 1 amide bonds. The van der Waals surface area contributed by atoms with Crippen molar-refractivity contribution in [2.75, 3.05) is 5.88 Å². The summed E-state index contributed by atoms with van der Waals surface area (Å²) in [5.74, 6) is 0.941. The average molecular weight is 254 g/mol. The van der Waals surface area contributed by atoms with Gasteiger partial charge in [0.05, 0.1) is 0 Å². The quantitative estimate of drug-likeness (QED) is 0.801. The highest BCUT2D eigenvalue weighted by Gasteiger charge is 2.16. The predicted octanol–water partition coefficient (Wildman–Crippen LogP) is 3.38. The number of alkyl halides is 1. The van der Waals surface area contributed by atoms with Crippen LogP contribution in [0.3, 0.4) is 0 Å². The summed E-state index contributed by atoms with van der Waals surface area (Å²) in [4.78, 5) is 12.0. The van der Waals surface area contributed by atoms with Crippen LogP contribution in [0.2, 0.25) is 0 Å². The van der Waals surface area contributed by atoms with E-state index in [2.05, 4.69) is 19.2 Å². The first kappa shape index (κ1) is 14.0. The Kier molecular flexibility index (Phi) is 5.49. The molecule has 3 heteroatoms. The van der Waals surface area contributed by atoms with Gasteiger partial charge in [0, 0.05) is 17.5 Å². The molecule has 0 aliphatic rings. The molecule has 0 aromatic heterocycles. The van der Waals surface area contributed by atoms with E-state index in [0.717, 1.165) is 12.0 Å². The van der Waals surface area contributed by atoms with Crippen LogP contribution in [0, 0.1) is 12.8 Å². The van der Waals surface area contributed by atoms with E-state index in [0.29, 0.717) is 17.4 Å². The summed E-state index contributed by atoms with van der Waals surface area (Å²) in [6, 6.07) is 7.75. The summed E-state index contributed by atoms with van der Waals surface area (Å²) in [6.45, 7) is 6.16. The number of carbonyl (C=O) groups is 1. The van der Waals surface area contributed by atoms with Gasteiger partial charge in [0.25, 0.3) is 5.91 Å². The molecule has 1 unspecified atom stereocenters. The van der Waals surface area contributed by atoms with Gasteiger partial charge >= 0.3 is 0 Å². The van der Waals surface area contributed by atoms with Crippen LogP contribution in [-0.4, -0.2) is 17.8 Å². The van der Waals surface area contributed by atoms with Crippen molar-refractivity contribution >= 4 is 17.5 Å². The molecule has 0 fully saturated rings. The number of rotatable bonds is 5. The van der Waals surface area contributed by atoms with Crippen molar-refractivity contribution < 1.29 is 4.79 Å². The van der Waals surface area contributed by atoms with Crippen molar-refractivity contribution in [3.63, 3.8) is 0 Å². The van der Waals surface area contributed by atoms with E-state index in [1.807, 2.05) is 31.2 Å². The standard InChI is InChI=1S/C14H20ClNO/c1-10(2)13(7-8-15)16-14(17)12-6-4-5-11(3)9-12/h4-6,9-10,13H,7-8H2,1-3H3,(H,16,17). The summed E-state index contributed by atoms with van der Waals surface area (Å²) >= 11 is 5.74. The summed E-state index contributed by atoms with van der Waals surface area (Å²) in [6.07, 6.45) is 0.802. The van der Waals surface area contributed by atoms with Crippen molar-refractivity contribution in [3.8, 4) is 0 Å². The molecule has 1 N–H and O–H groups in total. The second-order valence-corrected chi connectivity index (χ2v) is 5.05. The monoisotopic (exact) mass is 253 g/mol. The van der Waals surface area contributed by atoms with Crippen molar-refractivity contribution in [2.24, 2.45) is 5.92 Å². The molecule has 0 spiro atoms. The summed E-state index contributed by atoms with van der Waals surface area (Å²) in [5.41, 5.74) is 1.81. The van der Waals surface area contributed by atoms with Gasteiger partial charge in [-0.15, -0.1) is 11.6 Å². The maximum absolute atomic E-state index is 12.0. The minimum Gasteiger partial charge on any atom is -0.349 e. The molecule has 1 atom stereocenters. The number of halogens is 1. The van der Waals surface area contributed by atoms with Crippen LogP contribution in [-0.2, 0) is 0 Å². The Hall–Kier alpha value is -1.02. The van der Waals surface area contributed by atoms with E-state index in [1.165, 1.54) is 0 Å². The van der Waals surface area contributed by atoms with Gasteiger partial charge in [0.15, 0.2) is 0 Å². The van der Waals surface area contributed by atoms with Crippen LogP contribution in [0.4, 0.5) is 0 Å². The lowest BCUT2D eigenvalue weighted by molar-refractivity contribution is 0.0925. The van der Waals surface area contributed by atoms with Gasteiger partial charge in [0.2, 0.25) is 0 Å². The van der Waals surface area contributed by atoms with E-state index in [-0.39, 0.29) is 11.9 Å². The van der Waals surface area contributed by atoms with Crippen molar-refractivity contribution in [1.29, 1.82) is 0 Å². The Labute approximate surface area is 108 Å². The first-order chi connectivity index (χ1) is 8.04. The third kappa shape index (κ3) is 4.39. The zero-order chi connectivity index (χ0) is 12.8. The summed E-state index contributed by atoms with van der Waals surface area (Å²) in [5, 5.41) is 3.04. The van der Waals surface area contributed by atoms with Gasteiger partial charge in [-0.05, 0) is 31.4 Å². The topological polar surface area (TPSA) is 29.1 Å². The van der Waals surface area contributed by atoms with Crippen LogP contribution in [0.5, 0.6) is 0 Å². The van der Waals surface area contributed by atoms with Crippen LogP contribution in [0.1, 0.15) is 36.2 Å². The molecule has 0 aliphatic carbocycles. The molecule has 94 valence electrons. The molecule has 1 rings (SSSR count). The van der Waals surface area contributed by atoms with Crippen molar-refractivity contribution in [2.45, 2.75) is 33.2 Å². The van der Waals surface area contributed by atoms with Crippen molar-refractivity contribution in [3.05, 3.63) is 35.4 Å². The highest BCUT2D eigenvalue weighted by Crippen LogP contribution is 2.10. The van der Waals surface area contributed by atoms with Crippen LogP contribution >= 0.6 is 11.6 Å². The summed E-state index contributed by atoms with van der Waals surface area (Å²) < 4.78 is 0. The molecular weight excluding hydrogens is 234 g/mol. The minimum atomic E-state index is -0.0162.